The molecule has 5 aromatic carbocycles. The average molecular weight is 575 g/mol. The van der Waals surface area contributed by atoms with Crippen LogP contribution in [0.1, 0.15) is 69.4 Å². The summed E-state index contributed by atoms with van der Waals surface area (Å²) in [6, 6.07) is 37.0. The summed E-state index contributed by atoms with van der Waals surface area (Å²) in [4.78, 5) is 5.01. The summed E-state index contributed by atoms with van der Waals surface area (Å²) in [5.74, 6) is 0. The maximum Gasteiger partial charge on any atom is 0.247 e. The molecule has 0 spiro atoms. The number of fused-ring (bicyclic) bond motifs is 4. The molecule has 3 heteroatoms. The van der Waals surface area contributed by atoms with Gasteiger partial charge in [-0.15, -0.1) is 0 Å². The predicted molar refractivity (Wildman–Crippen MR) is 192 cm³/mol. The minimum Gasteiger partial charge on any atom is -0.307 e. The summed E-state index contributed by atoms with van der Waals surface area (Å²) >= 11 is 0. The zero-order chi connectivity index (χ0) is 31.1. The highest BCUT2D eigenvalue weighted by Crippen LogP contribution is 2.54. The van der Waals surface area contributed by atoms with Crippen molar-refractivity contribution in [3.63, 3.8) is 0 Å². The van der Waals surface area contributed by atoms with Crippen molar-refractivity contribution in [2.75, 3.05) is 9.80 Å². The van der Waals surface area contributed by atoms with Gasteiger partial charge in [0, 0.05) is 11.4 Å². The van der Waals surface area contributed by atoms with Crippen molar-refractivity contribution in [1.29, 1.82) is 0 Å². The van der Waals surface area contributed by atoms with Crippen LogP contribution >= 0.6 is 0 Å². The lowest BCUT2D eigenvalue weighted by atomic mass is 9.33. The smallest absolute Gasteiger partial charge is 0.247 e. The first-order valence-corrected chi connectivity index (χ1v) is 16.0. The van der Waals surface area contributed by atoms with E-state index in [0.29, 0.717) is 0 Å². The Kier molecular flexibility index (Phi) is 6.41. The lowest BCUT2D eigenvalue weighted by molar-refractivity contribution is 0.590. The Morgan fingerprint density at radius 2 is 1.07 bits per heavy atom. The standard InChI is InChI=1S/C41H43BN2/c1-26-23-27(2)38(28(3)24-26)42-32-13-12-16-37-39(32)44(34-22-19-30(25-33(34)42)41(7,8)9)36-15-11-10-14-35(36)43(37)31-20-17-29(18-21-31)40(4,5)6/h10-25H,1-9H3. The summed E-state index contributed by atoms with van der Waals surface area (Å²) < 4.78 is 0. The Hall–Kier alpha value is -4.24. The van der Waals surface area contributed by atoms with Gasteiger partial charge in [0.25, 0.3) is 0 Å². The average Bonchev–Trinajstić information content (AvgIpc) is 2.96. The van der Waals surface area contributed by atoms with Crippen LogP contribution in [-0.2, 0) is 10.8 Å². The van der Waals surface area contributed by atoms with E-state index in [2.05, 4.69) is 169 Å². The molecule has 0 bridgehead atoms. The second-order valence-corrected chi connectivity index (χ2v) is 14.9. The molecule has 44 heavy (non-hydrogen) atoms. The van der Waals surface area contributed by atoms with Gasteiger partial charge < -0.3 is 9.80 Å². The summed E-state index contributed by atoms with van der Waals surface area (Å²) in [6.07, 6.45) is 0. The SMILES string of the molecule is Cc1cc(C)c(B2c3cc(C(C)(C)C)ccc3N3c4ccccc4N(c4ccc(C(C)(C)C)cc4)c4cccc2c43)c(C)c1. The van der Waals surface area contributed by atoms with Gasteiger partial charge in [-0.2, -0.15) is 0 Å². The topological polar surface area (TPSA) is 6.48 Å². The number of aryl methyl sites for hydroxylation is 3. The van der Waals surface area contributed by atoms with E-state index in [0.717, 1.165) is 0 Å². The van der Waals surface area contributed by atoms with Gasteiger partial charge in [0.05, 0.1) is 22.7 Å². The highest BCUT2D eigenvalue weighted by atomic mass is 15.3. The summed E-state index contributed by atoms with van der Waals surface area (Å²) in [7, 11) is 0. The molecule has 0 unspecified atom stereocenters. The normalized spacial score (nSPS) is 13.9. The van der Waals surface area contributed by atoms with Crippen LogP contribution in [0.2, 0.25) is 0 Å². The van der Waals surface area contributed by atoms with Crippen LogP contribution in [-0.4, -0.2) is 6.71 Å². The van der Waals surface area contributed by atoms with E-state index in [-0.39, 0.29) is 17.5 Å². The van der Waals surface area contributed by atoms with Crippen LogP contribution in [0, 0.1) is 20.8 Å². The molecular formula is C41H43BN2. The second-order valence-electron chi connectivity index (χ2n) is 14.9. The van der Waals surface area contributed by atoms with E-state index in [9.17, 15) is 0 Å². The van der Waals surface area contributed by atoms with E-state index in [1.807, 2.05) is 0 Å². The van der Waals surface area contributed by atoms with Gasteiger partial charge >= 0.3 is 0 Å². The van der Waals surface area contributed by atoms with Crippen molar-refractivity contribution < 1.29 is 0 Å². The molecule has 7 rings (SSSR count). The third-order valence-corrected chi connectivity index (χ3v) is 9.65. The minimum absolute atomic E-state index is 0.0505. The van der Waals surface area contributed by atoms with Gasteiger partial charge in [-0.3, -0.25) is 0 Å². The molecule has 0 saturated heterocycles. The summed E-state index contributed by atoms with van der Waals surface area (Å²) in [5.41, 5.74) is 18.5. The van der Waals surface area contributed by atoms with E-state index in [4.69, 9.17) is 0 Å². The molecule has 2 aliphatic rings. The third-order valence-electron chi connectivity index (χ3n) is 9.65. The van der Waals surface area contributed by atoms with Gasteiger partial charge in [-0.25, -0.2) is 0 Å². The molecule has 0 amide bonds. The molecule has 0 N–H and O–H groups in total. The number of anilines is 6. The molecule has 0 aromatic heterocycles. The number of nitrogens with zero attached hydrogens (tertiary/aromatic N) is 2. The quantitative estimate of drug-likeness (QED) is 0.190. The van der Waals surface area contributed by atoms with Crippen molar-refractivity contribution in [2.24, 2.45) is 0 Å². The first-order chi connectivity index (χ1) is 20.8. The van der Waals surface area contributed by atoms with Gasteiger partial charge in [0.1, 0.15) is 0 Å². The fraction of sp³-hybridized carbons (Fsp3) is 0.268. The Balaban J connectivity index is 1.54. The van der Waals surface area contributed by atoms with Crippen LogP contribution < -0.4 is 26.2 Å². The first kappa shape index (κ1) is 28.5. The molecule has 0 aliphatic carbocycles. The maximum absolute atomic E-state index is 2.54. The molecule has 0 saturated carbocycles. The second kappa shape index (κ2) is 9.89. The van der Waals surface area contributed by atoms with Gasteiger partial charge in [-0.1, -0.05) is 124 Å². The molecule has 220 valence electrons. The molecule has 2 nitrogen and oxygen atoms in total. The van der Waals surface area contributed by atoms with Crippen LogP contribution in [0.5, 0.6) is 0 Å². The van der Waals surface area contributed by atoms with E-state index >= 15 is 0 Å². The van der Waals surface area contributed by atoms with Crippen molar-refractivity contribution in [3.8, 4) is 0 Å². The van der Waals surface area contributed by atoms with Crippen molar-refractivity contribution in [3.05, 3.63) is 125 Å². The number of benzene rings is 5. The lowest BCUT2D eigenvalue weighted by Crippen LogP contribution is -2.59. The highest BCUT2D eigenvalue weighted by Gasteiger charge is 2.42. The maximum atomic E-state index is 2.54. The number of rotatable bonds is 2. The van der Waals surface area contributed by atoms with E-state index < -0.39 is 0 Å². The van der Waals surface area contributed by atoms with Crippen LogP contribution in [0.3, 0.4) is 0 Å². The third kappa shape index (κ3) is 4.40. The fourth-order valence-corrected chi connectivity index (χ4v) is 7.52. The zero-order valence-electron chi connectivity index (χ0n) is 27.7. The lowest BCUT2D eigenvalue weighted by Gasteiger charge is -2.46. The van der Waals surface area contributed by atoms with Gasteiger partial charge in [0.15, 0.2) is 0 Å². The Labute approximate surface area is 264 Å². The summed E-state index contributed by atoms with van der Waals surface area (Å²) in [5, 5.41) is 0. The largest absolute Gasteiger partial charge is 0.307 e. The van der Waals surface area contributed by atoms with Crippen molar-refractivity contribution in [2.45, 2.75) is 73.1 Å². The summed E-state index contributed by atoms with van der Waals surface area (Å²) in [6.45, 7) is 20.7. The van der Waals surface area contributed by atoms with Crippen molar-refractivity contribution >= 4 is 57.2 Å². The highest BCUT2D eigenvalue weighted by molar-refractivity contribution is 6.98. The predicted octanol–water partition coefficient (Wildman–Crippen LogP) is 9.29. The first-order valence-electron chi connectivity index (χ1n) is 16.0. The monoisotopic (exact) mass is 574 g/mol. The molecule has 5 aromatic rings. The minimum atomic E-state index is 0.0505. The van der Waals surface area contributed by atoms with Gasteiger partial charge in [-0.05, 0) is 90.1 Å². The molecule has 0 fully saturated rings. The van der Waals surface area contributed by atoms with E-state index in [1.165, 1.54) is 78.3 Å². The number of hydrogen-bond acceptors (Lipinski definition) is 2. The zero-order valence-corrected chi connectivity index (χ0v) is 27.7. The van der Waals surface area contributed by atoms with Crippen LogP contribution in [0.25, 0.3) is 0 Å². The Morgan fingerprint density at radius 3 is 1.68 bits per heavy atom. The molecule has 0 atom stereocenters. The van der Waals surface area contributed by atoms with Crippen LogP contribution in [0.15, 0.2) is 97.1 Å². The van der Waals surface area contributed by atoms with Crippen molar-refractivity contribution in [1.82, 2.24) is 0 Å². The molecular weight excluding hydrogens is 531 g/mol. The molecule has 0 radical (unpaired) electrons. The van der Waals surface area contributed by atoms with E-state index in [1.54, 1.807) is 0 Å². The Bertz CT molecular complexity index is 1900. The number of para-hydroxylation sites is 3. The number of hydrogen-bond donors (Lipinski definition) is 0. The molecule has 2 aliphatic heterocycles. The van der Waals surface area contributed by atoms with Gasteiger partial charge in [0.2, 0.25) is 6.71 Å². The molecule has 2 heterocycles. The Morgan fingerprint density at radius 1 is 0.500 bits per heavy atom. The van der Waals surface area contributed by atoms with Crippen LogP contribution in [0.4, 0.5) is 34.1 Å². The fourth-order valence-electron chi connectivity index (χ4n) is 7.52.